The van der Waals surface area contributed by atoms with Gasteiger partial charge >= 0.3 is 5.97 Å². The molecule has 158 valence electrons. The number of fused-ring (bicyclic) bond motifs is 1. The average Bonchev–Trinajstić information content (AvgIpc) is 3.32. The van der Waals surface area contributed by atoms with Gasteiger partial charge in [-0.05, 0) is 42.3 Å². The SMILES string of the molecule is Cc1ccc(NC(=O)COC(=O)[C@H]2Cc3ccccc3CN2C(=O)c2ccco2)cc1. The van der Waals surface area contributed by atoms with Crippen LogP contribution in [0.4, 0.5) is 5.69 Å². The van der Waals surface area contributed by atoms with Crippen molar-refractivity contribution in [2.24, 2.45) is 0 Å². The normalized spacial score (nSPS) is 15.1. The first-order valence-electron chi connectivity index (χ1n) is 9.95. The molecule has 0 radical (unpaired) electrons. The van der Waals surface area contributed by atoms with E-state index in [0.29, 0.717) is 12.1 Å². The molecule has 0 spiro atoms. The first-order chi connectivity index (χ1) is 15.0. The lowest BCUT2D eigenvalue weighted by Crippen LogP contribution is -2.49. The summed E-state index contributed by atoms with van der Waals surface area (Å²) < 4.78 is 10.5. The minimum atomic E-state index is -0.848. The van der Waals surface area contributed by atoms with Crippen molar-refractivity contribution < 1.29 is 23.5 Å². The maximum atomic E-state index is 12.9. The molecule has 4 rings (SSSR count). The van der Waals surface area contributed by atoms with Crippen molar-refractivity contribution in [2.45, 2.75) is 25.9 Å². The number of esters is 1. The zero-order valence-electron chi connectivity index (χ0n) is 17.0. The Morgan fingerprint density at radius 2 is 1.77 bits per heavy atom. The third kappa shape index (κ3) is 4.66. The van der Waals surface area contributed by atoms with Gasteiger partial charge in [-0.3, -0.25) is 9.59 Å². The number of benzene rings is 2. The summed E-state index contributed by atoms with van der Waals surface area (Å²) in [4.78, 5) is 39.4. The Labute approximate surface area is 179 Å². The van der Waals surface area contributed by atoms with Crippen molar-refractivity contribution in [3.8, 4) is 0 Å². The van der Waals surface area contributed by atoms with Gasteiger partial charge in [-0.25, -0.2) is 4.79 Å². The molecule has 0 unspecified atom stereocenters. The number of carbonyl (C=O) groups is 3. The molecule has 1 aliphatic heterocycles. The highest BCUT2D eigenvalue weighted by Gasteiger charge is 2.37. The van der Waals surface area contributed by atoms with Crippen molar-refractivity contribution in [3.63, 3.8) is 0 Å². The van der Waals surface area contributed by atoms with Crippen LogP contribution in [0.1, 0.15) is 27.2 Å². The van der Waals surface area contributed by atoms with Crippen LogP contribution in [0.3, 0.4) is 0 Å². The third-order valence-corrected chi connectivity index (χ3v) is 5.19. The van der Waals surface area contributed by atoms with Gasteiger partial charge in [0, 0.05) is 18.7 Å². The maximum absolute atomic E-state index is 12.9. The topological polar surface area (TPSA) is 88.9 Å². The molecule has 7 nitrogen and oxygen atoms in total. The van der Waals surface area contributed by atoms with Gasteiger partial charge in [0.15, 0.2) is 12.4 Å². The number of rotatable bonds is 5. The number of anilines is 1. The Bertz CT molecular complexity index is 1090. The lowest BCUT2D eigenvalue weighted by molar-refractivity contribution is -0.152. The fourth-order valence-electron chi connectivity index (χ4n) is 3.56. The molecule has 0 saturated carbocycles. The molecule has 0 bridgehead atoms. The number of ether oxygens (including phenoxy) is 1. The lowest BCUT2D eigenvalue weighted by atomic mass is 9.93. The standard InChI is InChI=1S/C24H22N2O5/c1-16-8-10-19(11-9-16)25-22(27)15-31-24(29)20-13-17-5-2-3-6-18(17)14-26(20)23(28)21-7-4-12-30-21/h2-12,20H,13-15H2,1H3,(H,25,27)/t20-/m1/s1. The minimum Gasteiger partial charge on any atom is -0.459 e. The van der Waals surface area contributed by atoms with Crippen molar-refractivity contribution >= 4 is 23.5 Å². The molecule has 0 saturated heterocycles. The van der Waals surface area contributed by atoms with Crippen LogP contribution >= 0.6 is 0 Å². The zero-order valence-corrected chi connectivity index (χ0v) is 17.0. The molecular formula is C24H22N2O5. The lowest BCUT2D eigenvalue weighted by Gasteiger charge is -2.34. The van der Waals surface area contributed by atoms with Gasteiger partial charge < -0.3 is 19.4 Å². The maximum Gasteiger partial charge on any atom is 0.329 e. The molecule has 2 amide bonds. The van der Waals surface area contributed by atoms with E-state index < -0.39 is 30.4 Å². The highest BCUT2D eigenvalue weighted by Crippen LogP contribution is 2.26. The van der Waals surface area contributed by atoms with Crippen LogP contribution in [0.25, 0.3) is 0 Å². The molecule has 31 heavy (non-hydrogen) atoms. The quantitative estimate of drug-likeness (QED) is 0.642. The van der Waals surface area contributed by atoms with Crippen LogP contribution in [0, 0.1) is 6.92 Å². The van der Waals surface area contributed by atoms with Crippen molar-refractivity contribution in [1.29, 1.82) is 0 Å². The van der Waals surface area contributed by atoms with Gasteiger partial charge in [0.1, 0.15) is 6.04 Å². The van der Waals surface area contributed by atoms with Crippen molar-refractivity contribution in [1.82, 2.24) is 4.90 Å². The molecule has 1 aromatic heterocycles. The minimum absolute atomic E-state index is 0.147. The Kier molecular flexibility index (Phi) is 5.84. The summed E-state index contributed by atoms with van der Waals surface area (Å²) in [5.41, 5.74) is 3.62. The van der Waals surface area contributed by atoms with Crippen molar-refractivity contribution in [3.05, 3.63) is 89.4 Å². The molecular weight excluding hydrogens is 396 g/mol. The average molecular weight is 418 g/mol. The number of aryl methyl sites for hydroxylation is 1. The Balaban J connectivity index is 1.45. The molecule has 0 aliphatic carbocycles. The first kappa shape index (κ1) is 20.4. The number of amides is 2. The van der Waals surface area contributed by atoms with Gasteiger partial charge in [-0.1, -0.05) is 42.0 Å². The van der Waals surface area contributed by atoms with E-state index in [0.717, 1.165) is 16.7 Å². The van der Waals surface area contributed by atoms with E-state index in [9.17, 15) is 14.4 Å². The second kappa shape index (κ2) is 8.87. The van der Waals surface area contributed by atoms with Gasteiger partial charge in [0.05, 0.1) is 6.26 Å². The van der Waals surface area contributed by atoms with Gasteiger partial charge in [-0.15, -0.1) is 0 Å². The molecule has 2 aromatic carbocycles. The largest absolute Gasteiger partial charge is 0.459 e. The summed E-state index contributed by atoms with van der Waals surface area (Å²) in [5.74, 6) is -1.33. The Morgan fingerprint density at radius 3 is 2.48 bits per heavy atom. The predicted molar refractivity (Wildman–Crippen MR) is 113 cm³/mol. The molecule has 7 heteroatoms. The van der Waals surface area contributed by atoms with E-state index in [-0.39, 0.29) is 12.3 Å². The number of hydrogen-bond acceptors (Lipinski definition) is 5. The van der Waals surface area contributed by atoms with Crippen LogP contribution in [0.5, 0.6) is 0 Å². The summed E-state index contributed by atoms with van der Waals surface area (Å²) in [7, 11) is 0. The summed E-state index contributed by atoms with van der Waals surface area (Å²) in [6.45, 7) is 1.77. The molecule has 0 fully saturated rings. The number of furan rings is 1. The molecule has 3 aromatic rings. The predicted octanol–water partition coefficient (Wildman–Crippen LogP) is 3.34. The summed E-state index contributed by atoms with van der Waals surface area (Å²) in [6, 6.07) is 17.3. The first-order valence-corrected chi connectivity index (χ1v) is 9.95. The van der Waals surface area contributed by atoms with Crippen LogP contribution in [0.15, 0.2) is 71.3 Å². The van der Waals surface area contributed by atoms with E-state index in [1.807, 2.05) is 43.3 Å². The van der Waals surface area contributed by atoms with Crippen LogP contribution in [-0.2, 0) is 27.3 Å². The fraction of sp³-hybridized carbons (Fsp3) is 0.208. The number of nitrogens with zero attached hydrogens (tertiary/aromatic N) is 1. The van der Waals surface area contributed by atoms with Crippen LogP contribution in [0.2, 0.25) is 0 Å². The second-order valence-corrected chi connectivity index (χ2v) is 7.42. The number of nitrogens with one attached hydrogen (secondary N) is 1. The van der Waals surface area contributed by atoms with Gasteiger partial charge in [0.25, 0.3) is 11.8 Å². The van der Waals surface area contributed by atoms with E-state index >= 15 is 0 Å². The van der Waals surface area contributed by atoms with Crippen molar-refractivity contribution in [2.75, 3.05) is 11.9 Å². The molecule has 1 aliphatic rings. The third-order valence-electron chi connectivity index (χ3n) is 5.19. The molecule has 2 heterocycles. The fourth-order valence-corrected chi connectivity index (χ4v) is 3.56. The van der Waals surface area contributed by atoms with E-state index in [2.05, 4.69) is 5.32 Å². The summed E-state index contributed by atoms with van der Waals surface area (Å²) in [6.07, 6.45) is 1.72. The van der Waals surface area contributed by atoms with Crippen LogP contribution < -0.4 is 5.32 Å². The Morgan fingerprint density at radius 1 is 1.03 bits per heavy atom. The molecule has 1 N–H and O–H groups in total. The summed E-state index contributed by atoms with van der Waals surface area (Å²) in [5, 5.41) is 2.69. The van der Waals surface area contributed by atoms with E-state index in [4.69, 9.17) is 9.15 Å². The number of hydrogen-bond donors (Lipinski definition) is 1. The summed E-state index contributed by atoms with van der Waals surface area (Å²) >= 11 is 0. The number of carbonyl (C=O) groups excluding carboxylic acids is 3. The Hall–Kier alpha value is -3.87. The van der Waals surface area contributed by atoms with Crippen LogP contribution in [-0.4, -0.2) is 35.3 Å². The highest BCUT2D eigenvalue weighted by atomic mass is 16.5. The second-order valence-electron chi connectivity index (χ2n) is 7.42. The smallest absolute Gasteiger partial charge is 0.329 e. The monoisotopic (exact) mass is 418 g/mol. The van der Waals surface area contributed by atoms with E-state index in [1.54, 1.807) is 24.3 Å². The van der Waals surface area contributed by atoms with Gasteiger partial charge in [0.2, 0.25) is 0 Å². The zero-order chi connectivity index (χ0) is 21.8. The molecule has 1 atom stereocenters. The highest BCUT2D eigenvalue weighted by molar-refractivity contribution is 5.96. The van der Waals surface area contributed by atoms with E-state index in [1.165, 1.54) is 11.2 Å². The van der Waals surface area contributed by atoms with Gasteiger partial charge in [-0.2, -0.15) is 0 Å².